The number of aliphatic imine (C=N–C) groups is 1. The van der Waals surface area contributed by atoms with Crippen molar-refractivity contribution in [1.29, 1.82) is 0 Å². The minimum Gasteiger partial charge on any atom is -0.462 e. The molecule has 0 saturated carbocycles. The summed E-state index contributed by atoms with van der Waals surface area (Å²) in [6, 6.07) is 7.50. The van der Waals surface area contributed by atoms with E-state index >= 15 is 0 Å². The van der Waals surface area contributed by atoms with Crippen LogP contribution < -0.4 is 10.5 Å². The highest BCUT2D eigenvalue weighted by Gasteiger charge is 2.07. The second-order valence-electron chi connectivity index (χ2n) is 3.17. The van der Waals surface area contributed by atoms with Gasteiger partial charge < -0.3 is 10.5 Å². The zero-order chi connectivity index (χ0) is 10.7. The monoisotopic (exact) mass is 202 g/mol. The fourth-order valence-corrected chi connectivity index (χ4v) is 1.27. The molecule has 4 nitrogen and oxygen atoms in total. The molecule has 2 rings (SSSR count). The zero-order valence-electron chi connectivity index (χ0n) is 8.01. The molecule has 0 unspecified atom stereocenters. The summed E-state index contributed by atoms with van der Waals surface area (Å²) in [5.41, 5.74) is 6.48. The number of carbonyl (C=O) groups is 1. The lowest BCUT2D eigenvalue weighted by atomic mass is 10.2. The number of rotatable bonds is 2. The molecular weight excluding hydrogens is 192 g/mol. The number of hydrogen-bond acceptors (Lipinski definition) is 3. The first-order valence-corrected chi connectivity index (χ1v) is 4.53. The maximum atomic E-state index is 10.7. The molecule has 0 atom stereocenters. The van der Waals surface area contributed by atoms with Crippen LogP contribution in [-0.4, -0.2) is 12.1 Å². The van der Waals surface area contributed by atoms with E-state index in [4.69, 9.17) is 10.5 Å². The Balaban J connectivity index is 2.25. The number of nitrogens with two attached hydrogens (primary N) is 1. The maximum absolute atomic E-state index is 10.7. The van der Waals surface area contributed by atoms with Crippen molar-refractivity contribution in [1.82, 2.24) is 0 Å². The van der Waals surface area contributed by atoms with E-state index in [1.165, 1.54) is 6.26 Å². The molecule has 1 aliphatic heterocycles. The van der Waals surface area contributed by atoms with E-state index in [2.05, 4.69) is 4.99 Å². The molecule has 0 fully saturated rings. The number of ether oxygens (including phenoxy) is 1. The lowest BCUT2D eigenvalue weighted by Crippen LogP contribution is -2.10. The predicted molar refractivity (Wildman–Crippen MR) is 56.6 cm³/mol. The number of fused-ring (bicyclic) bond motifs is 1. The van der Waals surface area contributed by atoms with Crippen molar-refractivity contribution in [3.63, 3.8) is 0 Å². The van der Waals surface area contributed by atoms with Gasteiger partial charge in [-0.25, -0.2) is 0 Å². The van der Waals surface area contributed by atoms with Gasteiger partial charge in [-0.1, -0.05) is 12.1 Å². The minimum absolute atomic E-state index is 0.0878. The molecular formula is C11H10N2O2. The fraction of sp³-hybridized carbons (Fsp3) is 0.0909. The van der Waals surface area contributed by atoms with Gasteiger partial charge in [-0.2, -0.15) is 0 Å². The Bertz CT molecular complexity index is 450. The molecule has 0 saturated heterocycles. The largest absolute Gasteiger partial charge is 0.462 e. The van der Waals surface area contributed by atoms with Crippen molar-refractivity contribution in [2.24, 2.45) is 10.7 Å². The molecule has 76 valence electrons. The average molecular weight is 202 g/mol. The number of amides is 1. The molecule has 4 heteroatoms. The van der Waals surface area contributed by atoms with Crippen molar-refractivity contribution >= 4 is 12.1 Å². The van der Waals surface area contributed by atoms with Crippen LogP contribution in [0.25, 0.3) is 0 Å². The number of carbonyl (C=O) groups excluding carboxylic acids is 1. The Morgan fingerprint density at radius 2 is 2.20 bits per heavy atom. The standard InChI is InChI=1S/C11H10N2O2/c12-11(14)5-9-7-15-10-4-2-1-3-8(10)6-13-9/h1-4,6-7H,5H2,(H2,12,14). The summed E-state index contributed by atoms with van der Waals surface area (Å²) in [5.74, 6) is 0.300. The highest BCUT2D eigenvalue weighted by Crippen LogP contribution is 2.20. The fourth-order valence-electron chi connectivity index (χ4n) is 1.27. The molecule has 1 aromatic rings. The van der Waals surface area contributed by atoms with E-state index in [1.807, 2.05) is 24.3 Å². The van der Waals surface area contributed by atoms with Crippen molar-refractivity contribution in [2.45, 2.75) is 6.42 Å². The van der Waals surface area contributed by atoms with Gasteiger partial charge in [0, 0.05) is 11.8 Å². The molecule has 0 spiro atoms. The van der Waals surface area contributed by atoms with E-state index in [0.717, 1.165) is 11.3 Å². The van der Waals surface area contributed by atoms with Gasteiger partial charge in [-0.05, 0) is 12.1 Å². The molecule has 1 aliphatic rings. The molecule has 1 heterocycles. The van der Waals surface area contributed by atoms with Crippen LogP contribution in [0.15, 0.2) is 41.2 Å². The van der Waals surface area contributed by atoms with E-state index in [9.17, 15) is 4.79 Å². The summed E-state index contributed by atoms with van der Waals surface area (Å²) in [7, 11) is 0. The SMILES string of the molecule is NC(=O)CC1=COc2ccccc2C=N1. The van der Waals surface area contributed by atoms with Crippen LogP contribution in [0.1, 0.15) is 12.0 Å². The maximum Gasteiger partial charge on any atom is 0.223 e. The second kappa shape index (κ2) is 3.96. The molecule has 2 N–H and O–H groups in total. The Labute approximate surface area is 87.1 Å². The number of hydrogen-bond donors (Lipinski definition) is 1. The van der Waals surface area contributed by atoms with Crippen LogP contribution in [-0.2, 0) is 4.79 Å². The molecule has 0 aromatic heterocycles. The first-order valence-electron chi connectivity index (χ1n) is 4.53. The smallest absolute Gasteiger partial charge is 0.223 e. The Morgan fingerprint density at radius 3 is 3.00 bits per heavy atom. The summed E-state index contributed by atoms with van der Waals surface area (Å²) >= 11 is 0. The van der Waals surface area contributed by atoms with Crippen molar-refractivity contribution in [3.8, 4) is 5.75 Å². The Morgan fingerprint density at radius 1 is 1.40 bits per heavy atom. The summed E-state index contributed by atoms with van der Waals surface area (Å²) in [6.07, 6.45) is 3.20. The van der Waals surface area contributed by atoms with Crippen LogP contribution in [0.5, 0.6) is 5.75 Å². The number of para-hydroxylation sites is 1. The lowest BCUT2D eigenvalue weighted by molar-refractivity contribution is -0.117. The molecule has 1 amide bonds. The van der Waals surface area contributed by atoms with Gasteiger partial charge in [0.15, 0.2) is 0 Å². The third-order valence-corrected chi connectivity index (χ3v) is 1.97. The molecule has 0 radical (unpaired) electrons. The van der Waals surface area contributed by atoms with E-state index in [-0.39, 0.29) is 6.42 Å². The topological polar surface area (TPSA) is 64.7 Å². The Hall–Kier alpha value is -2.10. The van der Waals surface area contributed by atoms with Gasteiger partial charge in [-0.15, -0.1) is 0 Å². The van der Waals surface area contributed by atoms with E-state index in [0.29, 0.717) is 5.70 Å². The third-order valence-electron chi connectivity index (χ3n) is 1.97. The van der Waals surface area contributed by atoms with Crippen molar-refractivity contribution in [2.75, 3.05) is 0 Å². The van der Waals surface area contributed by atoms with Gasteiger partial charge in [0.2, 0.25) is 5.91 Å². The molecule has 15 heavy (non-hydrogen) atoms. The lowest BCUT2D eigenvalue weighted by Gasteiger charge is -2.00. The third kappa shape index (κ3) is 2.22. The van der Waals surface area contributed by atoms with Crippen LogP contribution in [0.3, 0.4) is 0 Å². The van der Waals surface area contributed by atoms with Crippen molar-refractivity contribution < 1.29 is 9.53 Å². The van der Waals surface area contributed by atoms with Gasteiger partial charge in [0.25, 0.3) is 0 Å². The highest BCUT2D eigenvalue weighted by molar-refractivity contribution is 5.85. The number of nitrogens with zero attached hydrogens (tertiary/aromatic N) is 1. The van der Waals surface area contributed by atoms with Crippen LogP contribution in [0.2, 0.25) is 0 Å². The Kier molecular flexibility index (Phi) is 2.49. The summed E-state index contributed by atoms with van der Waals surface area (Å²) in [4.78, 5) is 14.8. The molecule has 0 bridgehead atoms. The minimum atomic E-state index is -0.423. The molecule has 0 aliphatic carbocycles. The first-order chi connectivity index (χ1) is 7.25. The summed E-state index contributed by atoms with van der Waals surface area (Å²) in [6.45, 7) is 0. The highest BCUT2D eigenvalue weighted by atomic mass is 16.5. The van der Waals surface area contributed by atoms with Crippen LogP contribution >= 0.6 is 0 Å². The van der Waals surface area contributed by atoms with Gasteiger partial charge in [0.1, 0.15) is 12.0 Å². The second-order valence-corrected chi connectivity index (χ2v) is 3.17. The number of benzene rings is 1. The number of primary amides is 1. The summed E-state index contributed by atoms with van der Waals surface area (Å²) < 4.78 is 5.37. The van der Waals surface area contributed by atoms with Crippen LogP contribution in [0.4, 0.5) is 0 Å². The van der Waals surface area contributed by atoms with Gasteiger partial charge >= 0.3 is 0 Å². The van der Waals surface area contributed by atoms with Crippen LogP contribution in [0, 0.1) is 0 Å². The normalized spacial score (nSPS) is 13.5. The quantitative estimate of drug-likeness (QED) is 0.783. The van der Waals surface area contributed by atoms with E-state index < -0.39 is 5.91 Å². The summed E-state index contributed by atoms with van der Waals surface area (Å²) in [5, 5.41) is 0. The van der Waals surface area contributed by atoms with E-state index in [1.54, 1.807) is 6.21 Å². The van der Waals surface area contributed by atoms with Gasteiger partial charge in [-0.3, -0.25) is 9.79 Å². The first kappa shape index (κ1) is 9.45. The molecule has 1 aromatic carbocycles. The van der Waals surface area contributed by atoms with Crippen molar-refractivity contribution in [3.05, 3.63) is 41.8 Å². The predicted octanol–water partition coefficient (Wildman–Crippen LogP) is 1.21. The zero-order valence-corrected chi connectivity index (χ0v) is 8.01. The average Bonchev–Trinajstić information content (AvgIpc) is 2.41. The van der Waals surface area contributed by atoms with Gasteiger partial charge in [0.05, 0.1) is 12.1 Å².